The number of halogens is 2. The van der Waals surface area contributed by atoms with Crippen LogP contribution in [0.1, 0.15) is 5.56 Å². The first-order valence-electron chi connectivity index (χ1n) is 4.30. The molecule has 0 unspecified atom stereocenters. The number of carbonyl (C=O) groups is 2. The van der Waals surface area contributed by atoms with Crippen LogP contribution in [0, 0.1) is 0 Å². The van der Waals surface area contributed by atoms with Crippen LogP contribution in [0.25, 0.3) is 0 Å². The Morgan fingerprint density at radius 3 is 2.67 bits per heavy atom. The molecule has 5 heteroatoms. The molecule has 0 aromatic heterocycles. The van der Waals surface area contributed by atoms with Crippen LogP contribution in [0.5, 0.6) is 0 Å². The lowest BCUT2D eigenvalue weighted by molar-refractivity contribution is -0.131. The van der Waals surface area contributed by atoms with Gasteiger partial charge < -0.3 is 5.32 Å². The third-order valence-corrected chi connectivity index (χ3v) is 2.54. The zero-order valence-electron chi connectivity index (χ0n) is 7.80. The van der Waals surface area contributed by atoms with Crippen molar-refractivity contribution >= 4 is 35.4 Å². The van der Waals surface area contributed by atoms with Gasteiger partial charge in [-0.3, -0.25) is 9.59 Å². The molecule has 0 saturated carbocycles. The van der Waals surface area contributed by atoms with Crippen LogP contribution in [0.3, 0.4) is 0 Å². The second kappa shape index (κ2) is 5.73. The molecule has 1 rings (SSSR count). The molecule has 1 amide bonds. The monoisotopic (exact) mass is 245 g/mol. The van der Waals surface area contributed by atoms with Crippen molar-refractivity contribution in [3.05, 3.63) is 33.8 Å². The number of nitrogens with one attached hydrogen (secondary N) is 1. The van der Waals surface area contributed by atoms with Gasteiger partial charge >= 0.3 is 0 Å². The Kier molecular flexibility index (Phi) is 4.59. The number of hydrogen-bond donors (Lipinski definition) is 1. The first kappa shape index (κ1) is 12.0. The standard InChI is InChI=1S/C10H9Cl2NO2/c11-8-2-1-7(5-9(8)12)3-4-13-10(15)6-14/h1-2,5-6H,3-4H2,(H,13,15). The minimum atomic E-state index is -0.616. The highest BCUT2D eigenvalue weighted by Gasteiger charge is 2.00. The Bertz CT molecular complexity index is 380. The van der Waals surface area contributed by atoms with Crippen molar-refractivity contribution in [2.75, 3.05) is 6.54 Å². The fraction of sp³-hybridized carbons (Fsp3) is 0.200. The average molecular weight is 246 g/mol. The predicted molar refractivity (Wildman–Crippen MR) is 59.2 cm³/mol. The molecule has 1 aromatic rings. The van der Waals surface area contributed by atoms with E-state index in [4.69, 9.17) is 23.2 Å². The first-order chi connectivity index (χ1) is 7.13. The summed E-state index contributed by atoms with van der Waals surface area (Å²) in [5.74, 6) is -0.616. The van der Waals surface area contributed by atoms with Crippen LogP contribution >= 0.6 is 23.2 Å². The molecule has 1 N–H and O–H groups in total. The van der Waals surface area contributed by atoms with Gasteiger partial charge in [0.25, 0.3) is 5.91 Å². The van der Waals surface area contributed by atoms with Crippen molar-refractivity contribution < 1.29 is 9.59 Å². The summed E-state index contributed by atoms with van der Waals surface area (Å²) in [6.45, 7) is 0.398. The first-order valence-corrected chi connectivity index (χ1v) is 5.06. The third-order valence-electron chi connectivity index (χ3n) is 1.80. The molecule has 0 aliphatic heterocycles. The SMILES string of the molecule is O=CC(=O)NCCc1ccc(Cl)c(Cl)c1. The van der Waals surface area contributed by atoms with Gasteiger partial charge in [0, 0.05) is 6.54 Å². The molecule has 80 valence electrons. The Hall–Kier alpha value is -1.06. The highest BCUT2D eigenvalue weighted by atomic mass is 35.5. The number of hydrogen-bond acceptors (Lipinski definition) is 2. The largest absolute Gasteiger partial charge is 0.349 e. The van der Waals surface area contributed by atoms with E-state index in [-0.39, 0.29) is 6.29 Å². The molecule has 0 aliphatic rings. The highest BCUT2D eigenvalue weighted by molar-refractivity contribution is 6.42. The zero-order chi connectivity index (χ0) is 11.3. The topological polar surface area (TPSA) is 46.2 Å². The maximum absolute atomic E-state index is 10.6. The van der Waals surface area contributed by atoms with E-state index in [1.165, 1.54) is 0 Å². The molecule has 0 fully saturated rings. The lowest BCUT2D eigenvalue weighted by atomic mass is 10.1. The summed E-state index contributed by atoms with van der Waals surface area (Å²) < 4.78 is 0. The molecule has 15 heavy (non-hydrogen) atoms. The summed E-state index contributed by atoms with van der Waals surface area (Å²) in [5, 5.41) is 3.41. The smallest absolute Gasteiger partial charge is 0.284 e. The normalized spacial score (nSPS) is 9.73. The molecule has 0 heterocycles. The van der Waals surface area contributed by atoms with Gasteiger partial charge in [-0.1, -0.05) is 29.3 Å². The quantitative estimate of drug-likeness (QED) is 0.651. The van der Waals surface area contributed by atoms with Crippen molar-refractivity contribution in [2.45, 2.75) is 6.42 Å². The molecular weight excluding hydrogens is 237 g/mol. The van der Waals surface area contributed by atoms with Gasteiger partial charge in [-0.15, -0.1) is 0 Å². The fourth-order valence-electron chi connectivity index (χ4n) is 1.07. The van der Waals surface area contributed by atoms with E-state index in [9.17, 15) is 9.59 Å². The number of benzene rings is 1. The molecule has 0 aliphatic carbocycles. The molecule has 0 radical (unpaired) electrons. The summed E-state index contributed by atoms with van der Waals surface area (Å²) in [6.07, 6.45) is 0.852. The second-order valence-electron chi connectivity index (χ2n) is 2.91. The van der Waals surface area contributed by atoms with Crippen LogP contribution in [0.4, 0.5) is 0 Å². The van der Waals surface area contributed by atoms with Crippen molar-refractivity contribution in [1.29, 1.82) is 0 Å². The van der Waals surface area contributed by atoms with E-state index in [0.717, 1.165) is 5.56 Å². The maximum atomic E-state index is 10.6. The predicted octanol–water partition coefficient (Wildman–Crippen LogP) is 1.85. The van der Waals surface area contributed by atoms with Crippen LogP contribution in [-0.4, -0.2) is 18.7 Å². The van der Waals surface area contributed by atoms with Crippen LogP contribution in [-0.2, 0) is 16.0 Å². The minimum Gasteiger partial charge on any atom is -0.349 e. The van der Waals surface area contributed by atoms with Crippen LogP contribution in [0.15, 0.2) is 18.2 Å². The van der Waals surface area contributed by atoms with E-state index in [1.807, 2.05) is 6.07 Å². The average Bonchev–Trinajstić information content (AvgIpc) is 2.23. The van der Waals surface area contributed by atoms with Crippen molar-refractivity contribution in [3.63, 3.8) is 0 Å². The van der Waals surface area contributed by atoms with Gasteiger partial charge in [-0.25, -0.2) is 0 Å². The third kappa shape index (κ3) is 3.90. The highest BCUT2D eigenvalue weighted by Crippen LogP contribution is 2.22. The van der Waals surface area contributed by atoms with E-state index in [2.05, 4.69) is 5.32 Å². The lowest BCUT2D eigenvalue weighted by Gasteiger charge is -2.03. The Labute approximate surface area is 97.4 Å². The van der Waals surface area contributed by atoms with Gasteiger partial charge in [0.2, 0.25) is 6.29 Å². The van der Waals surface area contributed by atoms with Crippen molar-refractivity contribution in [1.82, 2.24) is 5.32 Å². The minimum absolute atomic E-state index is 0.245. The van der Waals surface area contributed by atoms with Crippen molar-refractivity contribution in [2.24, 2.45) is 0 Å². The summed E-state index contributed by atoms with van der Waals surface area (Å²) >= 11 is 11.5. The van der Waals surface area contributed by atoms with E-state index in [0.29, 0.717) is 23.0 Å². The molecule has 0 bridgehead atoms. The second-order valence-corrected chi connectivity index (χ2v) is 3.72. The molecule has 0 saturated heterocycles. The number of carbonyl (C=O) groups excluding carboxylic acids is 2. The van der Waals surface area contributed by atoms with E-state index < -0.39 is 5.91 Å². The summed E-state index contributed by atoms with van der Waals surface area (Å²) in [4.78, 5) is 20.6. The van der Waals surface area contributed by atoms with E-state index in [1.54, 1.807) is 12.1 Å². The number of rotatable bonds is 4. The molecule has 0 atom stereocenters. The Morgan fingerprint density at radius 2 is 2.07 bits per heavy atom. The van der Waals surface area contributed by atoms with Crippen molar-refractivity contribution in [3.8, 4) is 0 Å². The summed E-state index contributed by atoms with van der Waals surface area (Å²) in [6, 6.07) is 5.25. The Balaban J connectivity index is 2.48. The zero-order valence-corrected chi connectivity index (χ0v) is 9.31. The Morgan fingerprint density at radius 1 is 1.33 bits per heavy atom. The maximum Gasteiger partial charge on any atom is 0.284 e. The fourth-order valence-corrected chi connectivity index (χ4v) is 1.39. The molecular formula is C10H9Cl2NO2. The summed E-state index contributed by atoms with van der Waals surface area (Å²) in [7, 11) is 0. The lowest BCUT2D eigenvalue weighted by Crippen LogP contribution is -2.26. The van der Waals surface area contributed by atoms with Gasteiger partial charge in [0.15, 0.2) is 0 Å². The number of aldehydes is 1. The van der Waals surface area contributed by atoms with Gasteiger partial charge in [0.05, 0.1) is 10.0 Å². The molecule has 0 spiro atoms. The van der Waals surface area contributed by atoms with Crippen LogP contribution in [0.2, 0.25) is 10.0 Å². The number of amides is 1. The van der Waals surface area contributed by atoms with Gasteiger partial charge in [0.1, 0.15) is 0 Å². The summed E-state index contributed by atoms with van der Waals surface area (Å²) in [5.41, 5.74) is 0.954. The van der Waals surface area contributed by atoms with E-state index >= 15 is 0 Å². The van der Waals surface area contributed by atoms with Gasteiger partial charge in [-0.05, 0) is 24.1 Å². The van der Waals surface area contributed by atoms with Gasteiger partial charge in [-0.2, -0.15) is 0 Å². The molecule has 1 aromatic carbocycles. The molecule has 3 nitrogen and oxygen atoms in total. The van der Waals surface area contributed by atoms with Crippen LogP contribution < -0.4 is 5.32 Å².